The number of rotatable bonds is 4. The molecule has 0 aliphatic heterocycles. The number of nitrogens with one attached hydrogen (secondary N) is 2. The van der Waals surface area contributed by atoms with Crippen LogP contribution < -0.4 is 15.4 Å². The number of carbonyl (C=O) groups is 1. The maximum atomic E-state index is 12.0. The SMILES string of the molecule is CNc1cnc(C(=O)Nc2ccc(OC)c(Br)c2)cn1. The van der Waals surface area contributed by atoms with Gasteiger partial charge >= 0.3 is 0 Å². The van der Waals surface area contributed by atoms with Crippen LogP contribution in [-0.4, -0.2) is 30.0 Å². The fraction of sp³-hybridized carbons (Fsp3) is 0.154. The molecular weight excluding hydrogens is 324 g/mol. The van der Waals surface area contributed by atoms with Gasteiger partial charge in [0.1, 0.15) is 17.3 Å². The number of halogens is 1. The molecule has 0 bridgehead atoms. The number of anilines is 2. The molecule has 104 valence electrons. The van der Waals surface area contributed by atoms with E-state index in [1.54, 1.807) is 32.4 Å². The Kier molecular flexibility index (Phi) is 4.52. The predicted octanol–water partition coefficient (Wildman–Crippen LogP) is 2.54. The lowest BCUT2D eigenvalue weighted by molar-refractivity contribution is 0.102. The van der Waals surface area contributed by atoms with E-state index >= 15 is 0 Å². The lowest BCUT2D eigenvalue weighted by Crippen LogP contribution is -2.14. The number of ether oxygens (including phenoxy) is 1. The van der Waals surface area contributed by atoms with Gasteiger partial charge in [0, 0.05) is 12.7 Å². The van der Waals surface area contributed by atoms with Crippen molar-refractivity contribution in [2.24, 2.45) is 0 Å². The predicted molar refractivity (Wildman–Crippen MR) is 80.2 cm³/mol. The van der Waals surface area contributed by atoms with Gasteiger partial charge in [-0.3, -0.25) is 4.79 Å². The van der Waals surface area contributed by atoms with Crippen LogP contribution in [0, 0.1) is 0 Å². The monoisotopic (exact) mass is 336 g/mol. The van der Waals surface area contributed by atoms with Crippen molar-refractivity contribution in [3.05, 3.63) is 40.8 Å². The van der Waals surface area contributed by atoms with Gasteiger partial charge < -0.3 is 15.4 Å². The minimum atomic E-state index is -0.322. The molecule has 0 unspecified atom stereocenters. The summed E-state index contributed by atoms with van der Waals surface area (Å²) in [6.07, 6.45) is 2.92. The zero-order chi connectivity index (χ0) is 14.5. The second-order valence-electron chi connectivity index (χ2n) is 3.84. The lowest BCUT2D eigenvalue weighted by Gasteiger charge is -2.08. The molecule has 6 nitrogen and oxygen atoms in total. The van der Waals surface area contributed by atoms with E-state index in [9.17, 15) is 4.79 Å². The fourth-order valence-electron chi connectivity index (χ4n) is 1.51. The Balaban J connectivity index is 2.12. The molecule has 0 aliphatic rings. The van der Waals surface area contributed by atoms with E-state index in [1.807, 2.05) is 0 Å². The second kappa shape index (κ2) is 6.33. The molecule has 0 fully saturated rings. The van der Waals surface area contributed by atoms with Crippen molar-refractivity contribution in [1.29, 1.82) is 0 Å². The van der Waals surface area contributed by atoms with E-state index in [0.29, 0.717) is 17.3 Å². The van der Waals surface area contributed by atoms with E-state index in [1.165, 1.54) is 12.4 Å². The first-order valence-corrected chi connectivity index (χ1v) is 6.58. The first-order valence-electron chi connectivity index (χ1n) is 5.78. The van der Waals surface area contributed by atoms with E-state index in [-0.39, 0.29) is 11.6 Å². The Morgan fingerprint density at radius 3 is 2.65 bits per heavy atom. The first-order chi connectivity index (χ1) is 9.63. The lowest BCUT2D eigenvalue weighted by atomic mass is 10.3. The average molecular weight is 337 g/mol. The molecular formula is C13H13BrN4O2. The number of hydrogen-bond donors (Lipinski definition) is 2. The summed E-state index contributed by atoms with van der Waals surface area (Å²) in [6.45, 7) is 0. The zero-order valence-corrected chi connectivity index (χ0v) is 12.6. The average Bonchev–Trinajstić information content (AvgIpc) is 2.47. The molecule has 1 aromatic heterocycles. The fourth-order valence-corrected chi connectivity index (χ4v) is 2.05. The number of benzene rings is 1. The van der Waals surface area contributed by atoms with Crippen LogP contribution in [0.15, 0.2) is 35.1 Å². The van der Waals surface area contributed by atoms with Crippen LogP contribution in [0.2, 0.25) is 0 Å². The highest BCUT2D eigenvalue weighted by molar-refractivity contribution is 9.10. The van der Waals surface area contributed by atoms with E-state index < -0.39 is 0 Å². The summed E-state index contributed by atoms with van der Waals surface area (Å²) >= 11 is 3.36. The molecule has 7 heteroatoms. The van der Waals surface area contributed by atoms with Crippen molar-refractivity contribution < 1.29 is 9.53 Å². The minimum Gasteiger partial charge on any atom is -0.496 e. The number of amides is 1. The Morgan fingerprint density at radius 2 is 2.10 bits per heavy atom. The summed E-state index contributed by atoms with van der Waals surface area (Å²) in [5, 5.41) is 5.58. The van der Waals surface area contributed by atoms with Crippen molar-refractivity contribution in [2.75, 3.05) is 24.8 Å². The van der Waals surface area contributed by atoms with Gasteiger partial charge in [0.05, 0.1) is 24.0 Å². The van der Waals surface area contributed by atoms with E-state index in [2.05, 4.69) is 36.5 Å². The third kappa shape index (κ3) is 3.24. The molecule has 0 saturated heterocycles. The summed E-state index contributed by atoms with van der Waals surface area (Å²) in [5.41, 5.74) is 0.887. The summed E-state index contributed by atoms with van der Waals surface area (Å²) < 4.78 is 5.88. The van der Waals surface area contributed by atoms with E-state index in [0.717, 1.165) is 4.47 Å². The maximum Gasteiger partial charge on any atom is 0.275 e. The Bertz CT molecular complexity index is 616. The number of carbonyl (C=O) groups excluding carboxylic acids is 1. The largest absolute Gasteiger partial charge is 0.496 e. The molecule has 0 spiro atoms. The second-order valence-corrected chi connectivity index (χ2v) is 4.69. The minimum absolute atomic E-state index is 0.246. The van der Waals surface area contributed by atoms with Crippen LogP contribution in [0.1, 0.15) is 10.5 Å². The highest BCUT2D eigenvalue weighted by atomic mass is 79.9. The molecule has 1 amide bonds. The molecule has 0 atom stereocenters. The smallest absolute Gasteiger partial charge is 0.275 e. The van der Waals surface area contributed by atoms with E-state index in [4.69, 9.17) is 4.74 Å². The third-order valence-electron chi connectivity index (χ3n) is 2.55. The summed E-state index contributed by atoms with van der Waals surface area (Å²) in [6, 6.07) is 5.26. The normalized spacial score (nSPS) is 9.95. The van der Waals surface area contributed by atoms with Gasteiger partial charge in [-0.05, 0) is 34.1 Å². The Hall–Kier alpha value is -2.15. The van der Waals surface area contributed by atoms with Gasteiger partial charge in [0.25, 0.3) is 5.91 Å². The number of aromatic nitrogens is 2. The molecule has 2 N–H and O–H groups in total. The molecule has 2 aromatic rings. The first kappa shape index (κ1) is 14.3. The molecule has 0 saturated carbocycles. The van der Waals surface area contributed by atoms with Crippen molar-refractivity contribution in [2.45, 2.75) is 0 Å². The van der Waals surface area contributed by atoms with Crippen molar-refractivity contribution in [3.63, 3.8) is 0 Å². The molecule has 2 rings (SSSR count). The number of methoxy groups -OCH3 is 1. The highest BCUT2D eigenvalue weighted by Crippen LogP contribution is 2.27. The molecule has 20 heavy (non-hydrogen) atoms. The van der Waals surface area contributed by atoms with Gasteiger partial charge in [0.15, 0.2) is 0 Å². The summed E-state index contributed by atoms with van der Waals surface area (Å²) in [5.74, 6) is 0.979. The van der Waals surface area contributed by atoms with Crippen LogP contribution in [-0.2, 0) is 0 Å². The van der Waals surface area contributed by atoms with Crippen molar-refractivity contribution >= 4 is 33.3 Å². The third-order valence-corrected chi connectivity index (χ3v) is 3.17. The molecule has 1 aromatic carbocycles. The Labute approximate surface area is 124 Å². The van der Waals surface area contributed by atoms with Crippen LogP contribution in [0.4, 0.5) is 11.5 Å². The van der Waals surface area contributed by atoms with Gasteiger partial charge in [0.2, 0.25) is 0 Å². The standard InChI is InChI=1S/C13H13BrN4O2/c1-15-12-7-16-10(6-17-12)13(19)18-8-3-4-11(20-2)9(14)5-8/h3-7H,1-2H3,(H,15,17)(H,18,19). The molecule has 0 aliphatic carbocycles. The number of hydrogen-bond acceptors (Lipinski definition) is 5. The van der Waals surface area contributed by atoms with Crippen LogP contribution in [0.5, 0.6) is 5.75 Å². The Morgan fingerprint density at radius 1 is 1.30 bits per heavy atom. The molecule has 1 heterocycles. The van der Waals surface area contributed by atoms with Gasteiger partial charge in [-0.1, -0.05) is 0 Å². The van der Waals surface area contributed by atoms with Gasteiger partial charge in [-0.25, -0.2) is 9.97 Å². The quantitative estimate of drug-likeness (QED) is 0.897. The summed E-state index contributed by atoms with van der Waals surface area (Å²) in [7, 11) is 3.32. The van der Waals surface area contributed by atoms with Gasteiger partial charge in [-0.15, -0.1) is 0 Å². The van der Waals surface area contributed by atoms with Crippen LogP contribution in [0.25, 0.3) is 0 Å². The van der Waals surface area contributed by atoms with Crippen LogP contribution in [0.3, 0.4) is 0 Å². The van der Waals surface area contributed by atoms with Gasteiger partial charge in [-0.2, -0.15) is 0 Å². The maximum absolute atomic E-state index is 12.0. The number of nitrogens with zero attached hydrogens (tertiary/aromatic N) is 2. The van der Waals surface area contributed by atoms with Crippen molar-refractivity contribution in [1.82, 2.24) is 9.97 Å². The highest BCUT2D eigenvalue weighted by Gasteiger charge is 2.09. The van der Waals surface area contributed by atoms with Crippen LogP contribution >= 0.6 is 15.9 Å². The van der Waals surface area contributed by atoms with Crippen molar-refractivity contribution in [3.8, 4) is 5.75 Å². The summed E-state index contributed by atoms with van der Waals surface area (Å²) in [4.78, 5) is 20.1. The zero-order valence-electron chi connectivity index (χ0n) is 11.0. The topological polar surface area (TPSA) is 76.1 Å². The molecule has 0 radical (unpaired) electrons.